The van der Waals surface area contributed by atoms with Crippen LogP contribution in [0.15, 0.2) is 77.6 Å². The van der Waals surface area contributed by atoms with Crippen LogP contribution in [0.4, 0.5) is 10.5 Å². The molecule has 1 heterocycles. The summed E-state index contributed by atoms with van der Waals surface area (Å²) in [4.78, 5) is 36.4. The molecule has 1 atom stereocenters. The van der Waals surface area contributed by atoms with Gasteiger partial charge in [0, 0.05) is 11.6 Å². The van der Waals surface area contributed by atoms with Crippen LogP contribution >= 0.6 is 0 Å². The van der Waals surface area contributed by atoms with Crippen molar-refractivity contribution in [1.82, 2.24) is 4.57 Å². The summed E-state index contributed by atoms with van der Waals surface area (Å²) >= 11 is 0. The lowest BCUT2D eigenvalue weighted by Gasteiger charge is -2.19. The maximum Gasteiger partial charge on any atom is 0.412 e. The van der Waals surface area contributed by atoms with E-state index in [0.717, 1.165) is 15.7 Å². The predicted octanol–water partition coefficient (Wildman–Crippen LogP) is 3.83. The largest absolute Gasteiger partial charge is 0.480 e. The molecule has 0 saturated carbocycles. The van der Waals surface area contributed by atoms with Crippen LogP contribution in [0, 0.1) is 0 Å². The third-order valence-corrected chi connectivity index (χ3v) is 4.69. The van der Waals surface area contributed by atoms with Gasteiger partial charge < -0.3 is 9.84 Å². The van der Waals surface area contributed by atoms with E-state index < -0.39 is 24.2 Å². The Morgan fingerprint density at radius 1 is 1.00 bits per heavy atom. The van der Waals surface area contributed by atoms with Gasteiger partial charge in [-0.1, -0.05) is 67.6 Å². The van der Waals surface area contributed by atoms with Crippen LogP contribution in [0.2, 0.25) is 0 Å². The zero-order valence-electron chi connectivity index (χ0n) is 16.4. The minimum absolute atomic E-state index is 0.0432. The van der Waals surface area contributed by atoms with Gasteiger partial charge >= 0.3 is 12.1 Å². The second kappa shape index (κ2) is 9.56. The predicted molar refractivity (Wildman–Crippen MR) is 113 cm³/mol. The number of carboxylic acid groups (broad SMARTS) is 1. The third kappa shape index (κ3) is 5.14. The smallest absolute Gasteiger partial charge is 0.412 e. The minimum Gasteiger partial charge on any atom is -0.480 e. The number of anilines is 1. The number of hydrogen-bond donors (Lipinski definition) is 2. The Hall–Kier alpha value is -3.87. The van der Waals surface area contributed by atoms with E-state index in [9.17, 15) is 19.5 Å². The van der Waals surface area contributed by atoms with Crippen molar-refractivity contribution in [2.75, 3.05) is 5.32 Å². The monoisotopic (exact) mass is 406 g/mol. The lowest BCUT2D eigenvalue weighted by Crippen LogP contribution is -2.31. The number of nitrogens with one attached hydrogen (secondary N) is 1. The summed E-state index contributed by atoms with van der Waals surface area (Å²) < 4.78 is 6.30. The number of benzene rings is 2. The highest BCUT2D eigenvalue weighted by atomic mass is 16.5. The van der Waals surface area contributed by atoms with E-state index in [1.54, 1.807) is 6.07 Å². The van der Waals surface area contributed by atoms with E-state index >= 15 is 0 Å². The molecule has 0 aliphatic rings. The van der Waals surface area contributed by atoms with Gasteiger partial charge in [0.1, 0.15) is 18.8 Å². The Balaban J connectivity index is 1.83. The van der Waals surface area contributed by atoms with Gasteiger partial charge in [-0.15, -0.1) is 0 Å². The molecule has 30 heavy (non-hydrogen) atoms. The first-order valence-corrected chi connectivity index (χ1v) is 9.44. The van der Waals surface area contributed by atoms with E-state index in [-0.39, 0.29) is 18.2 Å². The molecule has 2 aromatic carbocycles. The topological polar surface area (TPSA) is 97.6 Å². The third-order valence-electron chi connectivity index (χ3n) is 4.69. The van der Waals surface area contributed by atoms with Gasteiger partial charge in [0.15, 0.2) is 0 Å². The number of rotatable bonds is 7. The van der Waals surface area contributed by atoms with E-state index in [0.29, 0.717) is 5.69 Å². The SMILES string of the molecule is CC(c1ccccc1)c1ccc(NC(=O)OCc2ccccc2)c(=O)n1CC(=O)O. The first-order valence-electron chi connectivity index (χ1n) is 9.44. The van der Waals surface area contributed by atoms with Gasteiger partial charge in [-0.25, -0.2) is 4.79 Å². The van der Waals surface area contributed by atoms with Gasteiger partial charge in [0.25, 0.3) is 5.56 Å². The highest BCUT2D eigenvalue weighted by Crippen LogP contribution is 2.24. The minimum atomic E-state index is -1.15. The van der Waals surface area contributed by atoms with Crippen LogP contribution in [0.3, 0.4) is 0 Å². The van der Waals surface area contributed by atoms with E-state index in [4.69, 9.17) is 4.74 Å². The van der Waals surface area contributed by atoms with E-state index in [2.05, 4.69) is 5.32 Å². The molecular formula is C23H22N2O5. The number of aliphatic carboxylic acids is 1. The molecule has 0 bridgehead atoms. The van der Waals surface area contributed by atoms with Crippen molar-refractivity contribution in [3.05, 3.63) is 100.0 Å². The van der Waals surface area contributed by atoms with Crippen molar-refractivity contribution in [3.8, 4) is 0 Å². The van der Waals surface area contributed by atoms with Gasteiger partial charge in [0.05, 0.1) is 0 Å². The molecule has 0 aliphatic heterocycles. The summed E-state index contributed by atoms with van der Waals surface area (Å²) in [6.07, 6.45) is -0.790. The molecule has 154 valence electrons. The highest BCUT2D eigenvalue weighted by Gasteiger charge is 2.18. The number of carboxylic acids is 1. The average Bonchev–Trinajstić information content (AvgIpc) is 2.76. The summed E-state index contributed by atoms with van der Waals surface area (Å²) in [7, 11) is 0. The second-order valence-corrected chi connectivity index (χ2v) is 6.78. The lowest BCUT2D eigenvalue weighted by atomic mass is 9.96. The van der Waals surface area contributed by atoms with Gasteiger partial charge in [0.2, 0.25) is 0 Å². The Labute approximate surface area is 173 Å². The van der Waals surface area contributed by atoms with Gasteiger partial charge in [-0.3, -0.25) is 19.5 Å². The van der Waals surface area contributed by atoms with Crippen LogP contribution in [0.1, 0.15) is 29.7 Å². The Kier molecular flexibility index (Phi) is 6.64. The Morgan fingerprint density at radius 3 is 2.27 bits per heavy atom. The van der Waals surface area contributed by atoms with Crippen LogP contribution < -0.4 is 10.9 Å². The number of aromatic nitrogens is 1. The summed E-state index contributed by atoms with van der Waals surface area (Å²) in [5.74, 6) is -1.36. The lowest BCUT2D eigenvalue weighted by molar-refractivity contribution is -0.137. The fraction of sp³-hybridized carbons (Fsp3) is 0.174. The first kappa shape index (κ1) is 20.9. The fourth-order valence-corrected chi connectivity index (χ4v) is 3.15. The Bertz CT molecular complexity index is 1080. The first-order chi connectivity index (χ1) is 14.5. The highest BCUT2D eigenvalue weighted by molar-refractivity contribution is 5.84. The summed E-state index contributed by atoms with van der Waals surface area (Å²) in [6, 6.07) is 21.7. The van der Waals surface area contributed by atoms with Crippen LogP contribution in [0.25, 0.3) is 0 Å². The number of ether oxygens (including phenoxy) is 1. The normalized spacial score (nSPS) is 11.5. The number of amides is 1. The summed E-state index contributed by atoms with van der Waals surface area (Å²) in [6.45, 7) is 1.43. The molecule has 0 fully saturated rings. The van der Waals surface area contributed by atoms with E-state index in [1.807, 2.05) is 67.6 Å². The van der Waals surface area contributed by atoms with Crippen molar-refractivity contribution in [1.29, 1.82) is 0 Å². The maximum absolute atomic E-state index is 12.9. The molecule has 7 nitrogen and oxygen atoms in total. The van der Waals surface area contributed by atoms with Crippen molar-refractivity contribution in [3.63, 3.8) is 0 Å². The number of carbonyl (C=O) groups excluding carboxylic acids is 1. The standard InChI is InChI=1S/C23H22N2O5/c1-16(18-10-6-3-7-11-18)20-13-12-19(22(28)25(20)14-21(26)27)24-23(29)30-15-17-8-4-2-5-9-17/h2-13,16H,14-15H2,1H3,(H,24,29)(H,26,27). The molecule has 7 heteroatoms. The summed E-state index contributed by atoms with van der Waals surface area (Å²) in [5.41, 5.74) is 1.64. The van der Waals surface area contributed by atoms with Crippen LogP contribution in [-0.2, 0) is 22.7 Å². The van der Waals surface area contributed by atoms with Crippen molar-refractivity contribution < 1.29 is 19.4 Å². The van der Waals surface area contributed by atoms with Crippen molar-refractivity contribution in [2.24, 2.45) is 0 Å². The Morgan fingerprint density at radius 2 is 1.63 bits per heavy atom. The molecule has 0 spiro atoms. The molecule has 0 aliphatic carbocycles. The molecule has 0 radical (unpaired) electrons. The van der Waals surface area contributed by atoms with Crippen molar-refractivity contribution in [2.45, 2.75) is 26.0 Å². The molecule has 1 unspecified atom stereocenters. The zero-order valence-corrected chi connectivity index (χ0v) is 16.4. The van der Waals surface area contributed by atoms with E-state index in [1.165, 1.54) is 6.07 Å². The zero-order chi connectivity index (χ0) is 21.5. The average molecular weight is 406 g/mol. The number of carbonyl (C=O) groups is 2. The quantitative estimate of drug-likeness (QED) is 0.621. The molecule has 1 amide bonds. The molecule has 0 saturated heterocycles. The molecule has 3 rings (SSSR count). The fourth-order valence-electron chi connectivity index (χ4n) is 3.15. The maximum atomic E-state index is 12.9. The van der Waals surface area contributed by atoms with Crippen LogP contribution in [0.5, 0.6) is 0 Å². The van der Waals surface area contributed by atoms with Crippen LogP contribution in [-0.4, -0.2) is 21.7 Å². The summed E-state index contributed by atoms with van der Waals surface area (Å²) in [5, 5.41) is 11.7. The molecular weight excluding hydrogens is 384 g/mol. The van der Waals surface area contributed by atoms with Gasteiger partial charge in [-0.2, -0.15) is 0 Å². The molecule has 2 N–H and O–H groups in total. The second-order valence-electron chi connectivity index (χ2n) is 6.78. The molecule has 1 aromatic heterocycles. The number of pyridine rings is 1. The number of nitrogens with zero attached hydrogens (tertiary/aromatic N) is 1. The molecule has 3 aromatic rings. The van der Waals surface area contributed by atoms with Crippen molar-refractivity contribution >= 4 is 17.7 Å². The number of hydrogen-bond acceptors (Lipinski definition) is 4. The van der Waals surface area contributed by atoms with Gasteiger partial charge in [-0.05, 0) is 23.3 Å².